The van der Waals surface area contributed by atoms with Gasteiger partial charge in [-0.25, -0.2) is 9.98 Å². The van der Waals surface area contributed by atoms with Gasteiger partial charge in [-0.15, -0.1) is 0 Å². The SMILES string of the molecule is Cc1ccc2c3c1O[C@H]1c4nc5cccc6c5c(c4C[C@@]4(C)[C@H](C2)N(C)CC[C@]314)N=C6N. The minimum atomic E-state index is -0.0658. The zero-order valence-corrected chi connectivity index (χ0v) is 18.7. The minimum Gasteiger partial charge on any atom is -0.483 e. The molecule has 0 radical (unpaired) electrons. The van der Waals surface area contributed by atoms with E-state index in [0.717, 1.165) is 59.4 Å². The Kier molecular flexibility index (Phi) is 2.85. The molecule has 160 valence electrons. The van der Waals surface area contributed by atoms with Crippen molar-refractivity contribution in [1.82, 2.24) is 9.88 Å². The molecule has 0 saturated carbocycles. The van der Waals surface area contributed by atoms with E-state index in [1.165, 1.54) is 22.3 Å². The van der Waals surface area contributed by atoms with Gasteiger partial charge in [-0.05, 0) is 57.0 Å². The second-order valence-electron chi connectivity index (χ2n) is 10.8. The minimum absolute atomic E-state index is 0.0367. The van der Waals surface area contributed by atoms with Crippen molar-refractivity contribution in [2.75, 3.05) is 13.6 Å². The standard InChI is InChI=1S/C27H26N4O/c1-13-7-8-14-11-18-26(2)12-16-21-19-15(25(28)30-21)5-4-6-17(19)29-22(16)24-27(26,9-10-31(18)3)20(14)23(13)32-24/h4-8,18,24H,9-12H2,1-3H3,(H2,28,30)/t18-,24-,26-,27-/m0/s1. The summed E-state index contributed by atoms with van der Waals surface area (Å²) < 4.78 is 6.97. The number of likely N-dealkylation sites (N-methyl/N-ethyl adjacent to an activating group) is 1. The van der Waals surface area contributed by atoms with Crippen molar-refractivity contribution in [2.45, 2.75) is 50.7 Å². The summed E-state index contributed by atoms with van der Waals surface area (Å²) in [6, 6.07) is 11.3. The molecule has 5 aliphatic rings. The molecule has 2 aromatic carbocycles. The van der Waals surface area contributed by atoms with Gasteiger partial charge in [0.05, 0.1) is 22.3 Å². The van der Waals surface area contributed by atoms with E-state index in [4.69, 9.17) is 20.4 Å². The van der Waals surface area contributed by atoms with Crippen LogP contribution in [0.1, 0.15) is 53.0 Å². The number of amidine groups is 1. The average molecular weight is 423 g/mol. The van der Waals surface area contributed by atoms with Crippen LogP contribution >= 0.6 is 0 Å². The molecule has 3 aromatic rings. The van der Waals surface area contributed by atoms with Crippen molar-refractivity contribution in [1.29, 1.82) is 0 Å². The van der Waals surface area contributed by atoms with E-state index in [0.29, 0.717) is 11.9 Å². The molecule has 1 fully saturated rings. The summed E-state index contributed by atoms with van der Waals surface area (Å²) in [6.45, 7) is 5.80. The number of fused-ring (bicyclic) bond motifs is 3. The summed E-state index contributed by atoms with van der Waals surface area (Å²) in [5, 5.41) is 1.12. The third kappa shape index (κ3) is 1.64. The van der Waals surface area contributed by atoms with Gasteiger partial charge in [0.2, 0.25) is 0 Å². The molecule has 4 heterocycles. The summed E-state index contributed by atoms with van der Waals surface area (Å²) in [7, 11) is 2.30. The number of hydrogen-bond acceptors (Lipinski definition) is 5. The lowest BCUT2D eigenvalue weighted by Gasteiger charge is -2.64. The molecule has 1 aromatic heterocycles. The molecule has 8 rings (SSSR count). The first-order chi connectivity index (χ1) is 15.4. The monoisotopic (exact) mass is 422 g/mol. The molecule has 2 N–H and O–H groups in total. The predicted molar refractivity (Wildman–Crippen MR) is 125 cm³/mol. The first kappa shape index (κ1) is 17.6. The van der Waals surface area contributed by atoms with Crippen LogP contribution < -0.4 is 10.5 Å². The number of aliphatic imine (C=N–C) groups is 1. The van der Waals surface area contributed by atoms with E-state index in [1.807, 2.05) is 6.07 Å². The Balaban J connectivity index is 1.51. The summed E-state index contributed by atoms with van der Waals surface area (Å²) in [4.78, 5) is 12.8. The lowest BCUT2D eigenvalue weighted by molar-refractivity contribution is -0.0908. The normalized spacial score (nSPS) is 33.0. The number of ether oxygens (including phenoxy) is 1. The Morgan fingerprint density at radius 1 is 1.22 bits per heavy atom. The van der Waals surface area contributed by atoms with Crippen molar-refractivity contribution in [3.05, 3.63) is 63.8 Å². The number of hydrogen-bond donors (Lipinski definition) is 1. The largest absolute Gasteiger partial charge is 0.483 e. The molecule has 32 heavy (non-hydrogen) atoms. The van der Waals surface area contributed by atoms with Crippen LogP contribution in [0.25, 0.3) is 10.9 Å². The van der Waals surface area contributed by atoms with Crippen LogP contribution in [-0.2, 0) is 18.3 Å². The molecule has 0 unspecified atom stereocenters. The van der Waals surface area contributed by atoms with Gasteiger partial charge in [-0.3, -0.25) is 0 Å². The molecule has 4 atom stereocenters. The maximum atomic E-state index is 6.97. The molecule has 2 bridgehead atoms. The fourth-order valence-electron chi connectivity index (χ4n) is 8.09. The van der Waals surface area contributed by atoms with Crippen molar-refractivity contribution in [3.8, 4) is 5.75 Å². The quantitative estimate of drug-likeness (QED) is 0.593. The fraction of sp³-hybridized carbons (Fsp3) is 0.407. The van der Waals surface area contributed by atoms with Crippen LogP contribution in [0.3, 0.4) is 0 Å². The summed E-state index contributed by atoms with van der Waals surface area (Å²) in [5.74, 6) is 1.73. The van der Waals surface area contributed by atoms with Crippen molar-refractivity contribution < 1.29 is 4.74 Å². The van der Waals surface area contributed by atoms with E-state index in [1.54, 1.807) is 0 Å². The number of aromatic nitrogens is 1. The second kappa shape index (κ2) is 5.18. The van der Waals surface area contributed by atoms with Gasteiger partial charge in [0.1, 0.15) is 11.6 Å². The summed E-state index contributed by atoms with van der Waals surface area (Å²) in [5.41, 5.74) is 16.0. The zero-order valence-electron chi connectivity index (χ0n) is 18.7. The molecule has 5 nitrogen and oxygen atoms in total. The van der Waals surface area contributed by atoms with E-state index >= 15 is 0 Å². The first-order valence-electron chi connectivity index (χ1n) is 11.7. The topological polar surface area (TPSA) is 63.7 Å². The van der Waals surface area contributed by atoms with Crippen LogP contribution in [0.15, 0.2) is 35.3 Å². The maximum absolute atomic E-state index is 6.97. The Bertz CT molecular complexity index is 1440. The Morgan fingerprint density at radius 3 is 2.97 bits per heavy atom. The van der Waals surface area contributed by atoms with Gasteiger partial charge in [-0.2, -0.15) is 0 Å². The fourth-order valence-corrected chi connectivity index (χ4v) is 8.09. The summed E-state index contributed by atoms with van der Waals surface area (Å²) in [6.07, 6.45) is 3.08. The van der Waals surface area contributed by atoms with Crippen molar-refractivity contribution in [2.24, 2.45) is 16.1 Å². The highest BCUT2D eigenvalue weighted by Crippen LogP contribution is 2.71. The van der Waals surface area contributed by atoms with Crippen LogP contribution in [0.4, 0.5) is 5.69 Å². The number of rotatable bonds is 0. The van der Waals surface area contributed by atoms with Crippen LogP contribution in [-0.4, -0.2) is 35.4 Å². The number of aryl methyl sites for hydroxylation is 1. The zero-order chi connectivity index (χ0) is 21.6. The van der Waals surface area contributed by atoms with Gasteiger partial charge >= 0.3 is 0 Å². The number of nitrogens with two attached hydrogens (primary N) is 1. The molecule has 5 heteroatoms. The van der Waals surface area contributed by atoms with Crippen LogP contribution in [0.2, 0.25) is 0 Å². The van der Waals surface area contributed by atoms with Gasteiger partial charge < -0.3 is 15.4 Å². The van der Waals surface area contributed by atoms with E-state index in [-0.39, 0.29) is 16.9 Å². The van der Waals surface area contributed by atoms with Crippen molar-refractivity contribution >= 4 is 22.4 Å². The molecule has 0 amide bonds. The first-order valence-corrected chi connectivity index (χ1v) is 11.7. The Morgan fingerprint density at radius 2 is 2.09 bits per heavy atom. The Hall–Kier alpha value is -2.92. The van der Waals surface area contributed by atoms with Crippen LogP contribution in [0, 0.1) is 12.3 Å². The molecule has 1 saturated heterocycles. The number of likely N-dealkylation sites (tertiary alicyclic amines) is 1. The molecular formula is C27H26N4O. The molecule has 1 spiro atoms. The predicted octanol–water partition coefficient (Wildman–Crippen LogP) is 4.09. The smallest absolute Gasteiger partial charge is 0.151 e. The number of piperidine rings is 1. The summed E-state index contributed by atoms with van der Waals surface area (Å²) >= 11 is 0. The number of benzene rings is 2. The molecular weight excluding hydrogens is 396 g/mol. The molecule has 3 aliphatic heterocycles. The number of pyridine rings is 1. The third-order valence-corrected chi connectivity index (χ3v) is 9.54. The van der Waals surface area contributed by atoms with Gasteiger partial charge in [0.25, 0.3) is 0 Å². The van der Waals surface area contributed by atoms with E-state index in [9.17, 15) is 0 Å². The lowest BCUT2D eigenvalue weighted by Crippen LogP contribution is -2.68. The van der Waals surface area contributed by atoms with E-state index in [2.05, 4.69) is 50.1 Å². The van der Waals surface area contributed by atoms with Crippen LogP contribution in [0.5, 0.6) is 5.75 Å². The average Bonchev–Trinajstić information content (AvgIpc) is 3.30. The lowest BCUT2D eigenvalue weighted by atomic mass is 9.44. The highest BCUT2D eigenvalue weighted by molar-refractivity contribution is 6.18. The maximum Gasteiger partial charge on any atom is 0.151 e. The highest BCUT2D eigenvalue weighted by Gasteiger charge is 2.70. The van der Waals surface area contributed by atoms with Gasteiger partial charge in [0, 0.05) is 33.5 Å². The molecule has 2 aliphatic carbocycles. The second-order valence-corrected chi connectivity index (χ2v) is 10.8. The number of nitrogens with zero attached hydrogens (tertiary/aromatic N) is 3. The van der Waals surface area contributed by atoms with Gasteiger partial charge in [-0.1, -0.05) is 31.2 Å². The van der Waals surface area contributed by atoms with E-state index < -0.39 is 0 Å². The highest BCUT2D eigenvalue weighted by atomic mass is 16.5. The van der Waals surface area contributed by atoms with Crippen molar-refractivity contribution in [3.63, 3.8) is 0 Å². The van der Waals surface area contributed by atoms with Gasteiger partial charge in [0.15, 0.2) is 6.10 Å². The third-order valence-electron chi connectivity index (χ3n) is 9.54. The Labute approximate surface area is 187 Å².